The third-order valence-electron chi connectivity index (χ3n) is 4.77. The maximum atomic E-state index is 11.7. The average molecular weight is 404 g/mol. The van der Waals surface area contributed by atoms with E-state index in [4.69, 9.17) is 4.74 Å². The molecule has 3 aromatic rings. The van der Waals surface area contributed by atoms with Crippen molar-refractivity contribution >= 4 is 32.4 Å². The SMILES string of the molecule is Cn1c(SCCOc2ccc3ccccc3c2)nnc1[C@@H]1CCS(=O)(=O)C1. The second-order valence-corrected chi connectivity index (χ2v) is 10.00. The van der Waals surface area contributed by atoms with E-state index >= 15 is 0 Å². The van der Waals surface area contributed by atoms with E-state index in [1.807, 2.05) is 35.9 Å². The predicted molar refractivity (Wildman–Crippen MR) is 107 cm³/mol. The fraction of sp³-hybridized carbons (Fsp3) is 0.368. The van der Waals surface area contributed by atoms with Crippen LogP contribution in [0.3, 0.4) is 0 Å². The van der Waals surface area contributed by atoms with Crippen molar-refractivity contribution in [1.82, 2.24) is 14.8 Å². The Labute approximate surface area is 162 Å². The lowest BCUT2D eigenvalue weighted by Gasteiger charge is -2.09. The first-order valence-electron chi connectivity index (χ1n) is 8.86. The van der Waals surface area contributed by atoms with Crippen LogP contribution in [0.25, 0.3) is 10.8 Å². The molecular formula is C19H21N3O3S2. The number of rotatable bonds is 6. The van der Waals surface area contributed by atoms with Crippen LogP contribution in [0.1, 0.15) is 18.2 Å². The summed E-state index contributed by atoms with van der Waals surface area (Å²) in [5, 5.41) is 11.6. The van der Waals surface area contributed by atoms with Gasteiger partial charge < -0.3 is 9.30 Å². The first-order chi connectivity index (χ1) is 13.0. The third-order valence-corrected chi connectivity index (χ3v) is 7.52. The lowest BCUT2D eigenvalue weighted by molar-refractivity contribution is 0.344. The Hall–Kier alpha value is -2.06. The number of nitrogens with zero attached hydrogens (tertiary/aromatic N) is 3. The van der Waals surface area contributed by atoms with Gasteiger partial charge in [0.15, 0.2) is 15.0 Å². The summed E-state index contributed by atoms with van der Waals surface area (Å²) in [4.78, 5) is 0. The van der Waals surface area contributed by atoms with Crippen LogP contribution in [0.5, 0.6) is 5.75 Å². The van der Waals surface area contributed by atoms with Gasteiger partial charge in [-0.25, -0.2) is 8.42 Å². The molecule has 0 radical (unpaired) electrons. The molecule has 0 N–H and O–H groups in total. The lowest BCUT2D eigenvalue weighted by Crippen LogP contribution is -2.09. The summed E-state index contributed by atoms with van der Waals surface area (Å²) >= 11 is 1.56. The molecule has 142 valence electrons. The van der Waals surface area contributed by atoms with Gasteiger partial charge in [0.2, 0.25) is 0 Å². The molecular weight excluding hydrogens is 382 g/mol. The van der Waals surface area contributed by atoms with Crippen LogP contribution in [-0.2, 0) is 16.9 Å². The lowest BCUT2D eigenvalue weighted by atomic mass is 10.1. The van der Waals surface area contributed by atoms with Crippen LogP contribution in [-0.4, -0.2) is 47.0 Å². The predicted octanol–water partition coefficient (Wildman–Crippen LogP) is 3.04. The van der Waals surface area contributed by atoms with Gasteiger partial charge in [-0.2, -0.15) is 0 Å². The van der Waals surface area contributed by atoms with Gasteiger partial charge >= 0.3 is 0 Å². The summed E-state index contributed by atoms with van der Waals surface area (Å²) in [7, 11) is -1.03. The van der Waals surface area contributed by atoms with Crippen molar-refractivity contribution in [3.8, 4) is 5.75 Å². The molecule has 6 nitrogen and oxygen atoms in total. The number of thioether (sulfide) groups is 1. The quantitative estimate of drug-likeness (QED) is 0.465. The van der Waals surface area contributed by atoms with Gasteiger partial charge in [-0.15, -0.1) is 10.2 Å². The van der Waals surface area contributed by atoms with Crippen LogP contribution in [0, 0.1) is 0 Å². The highest BCUT2D eigenvalue weighted by Crippen LogP contribution is 2.29. The third kappa shape index (κ3) is 4.11. The van der Waals surface area contributed by atoms with Crippen LogP contribution >= 0.6 is 11.8 Å². The maximum Gasteiger partial charge on any atom is 0.191 e. The van der Waals surface area contributed by atoms with Crippen LogP contribution in [0.4, 0.5) is 0 Å². The van der Waals surface area contributed by atoms with Gasteiger partial charge in [0, 0.05) is 18.7 Å². The van der Waals surface area contributed by atoms with E-state index in [0.717, 1.165) is 27.9 Å². The summed E-state index contributed by atoms with van der Waals surface area (Å²) in [5.74, 6) is 2.72. The Morgan fingerprint density at radius 2 is 2.00 bits per heavy atom. The van der Waals surface area contributed by atoms with E-state index in [-0.39, 0.29) is 17.4 Å². The molecule has 1 aliphatic rings. The average Bonchev–Trinajstić information content (AvgIpc) is 3.20. The van der Waals surface area contributed by atoms with Crippen molar-refractivity contribution in [3.05, 3.63) is 48.3 Å². The smallest absolute Gasteiger partial charge is 0.191 e. The Bertz CT molecular complexity index is 1060. The zero-order valence-electron chi connectivity index (χ0n) is 15.0. The van der Waals surface area contributed by atoms with Crippen molar-refractivity contribution in [3.63, 3.8) is 0 Å². The molecule has 1 saturated heterocycles. The standard InChI is InChI=1S/C19H21N3O3S2/c1-22-18(16-8-11-27(23,24)13-16)20-21-19(22)26-10-9-25-17-7-6-14-4-2-3-5-15(14)12-17/h2-7,12,16H,8-11,13H2,1H3/t16-/m1/s1. The molecule has 0 amide bonds. The summed E-state index contributed by atoms with van der Waals surface area (Å²) in [6, 6.07) is 14.3. The molecule has 2 heterocycles. The van der Waals surface area contributed by atoms with E-state index in [2.05, 4.69) is 28.4 Å². The Morgan fingerprint density at radius 1 is 1.19 bits per heavy atom. The minimum atomic E-state index is -2.93. The van der Waals surface area contributed by atoms with Crippen LogP contribution < -0.4 is 4.74 Å². The highest BCUT2D eigenvalue weighted by atomic mass is 32.2. The molecule has 27 heavy (non-hydrogen) atoms. The number of aromatic nitrogens is 3. The van der Waals surface area contributed by atoms with E-state index in [0.29, 0.717) is 13.0 Å². The molecule has 0 spiro atoms. The number of fused-ring (bicyclic) bond motifs is 1. The van der Waals surface area contributed by atoms with Gasteiger partial charge in [-0.05, 0) is 29.3 Å². The highest BCUT2D eigenvalue weighted by molar-refractivity contribution is 7.99. The molecule has 0 bridgehead atoms. The van der Waals surface area contributed by atoms with Gasteiger partial charge in [-0.3, -0.25) is 0 Å². The normalized spacial score (nSPS) is 18.8. The number of hydrogen-bond donors (Lipinski definition) is 0. The maximum absolute atomic E-state index is 11.7. The molecule has 1 aliphatic heterocycles. The number of hydrogen-bond acceptors (Lipinski definition) is 6. The molecule has 0 saturated carbocycles. The molecule has 1 atom stereocenters. The van der Waals surface area contributed by atoms with E-state index in [1.54, 1.807) is 11.8 Å². The summed E-state index contributed by atoms with van der Waals surface area (Å²) in [6.07, 6.45) is 0.629. The number of benzene rings is 2. The fourth-order valence-electron chi connectivity index (χ4n) is 3.36. The summed E-state index contributed by atoms with van der Waals surface area (Å²) in [5.41, 5.74) is 0. The van der Waals surface area contributed by atoms with E-state index < -0.39 is 9.84 Å². The largest absolute Gasteiger partial charge is 0.493 e. The van der Waals surface area contributed by atoms with E-state index in [9.17, 15) is 8.42 Å². The van der Waals surface area contributed by atoms with Gasteiger partial charge in [0.1, 0.15) is 11.6 Å². The first kappa shape index (κ1) is 18.3. The Morgan fingerprint density at radius 3 is 2.78 bits per heavy atom. The summed E-state index contributed by atoms with van der Waals surface area (Å²) < 4.78 is 31.1. The fourth-order valence-corrected chi connectivity index (χ4v) is 5.83. The van der Waals surface area contributed by atoms with Crippen molar-refractivity contribution in [2.45, 2.75) is 17.5 Å². The summed E-state index contributed by atoms with van der Waals surface area (Å²) in [6.45, 7) is 0.559. The molecule has 0 unspecified atom stereocenters. The highest BCUT2D eigenvalue weighted by Gasteiger charge is 2.32. The Kier molecular flexibility index (Phi) is 5.10. The molecule has 8 heteroatoms. The van der Waals surface area contributed by atoms with Gasteiger partial charge in [0.05, 0.1) is 18.1 Å². The molecule has 4 rings (SSSR count). The van der Waals surface area contributed by atoms with Crippen molar-refractivity contribution in [2.24, 2.45) is 7.05 Å². The van der Waals surface area contributed by atoms with Gasteiger partial charge in [-0.1, -0.05) is 42.1 Å². The van der Waals surface area contributed by atoms with Crippen molar-refractivity contribution in [2.75, 3.05) is 23.9 Å². The Balaban J connectivity index is 1.33. The number of sulfone groups is 1. The van der Waals surface area contributed by atoms with Gasteiger partial charge in [0.25, 0.3) is 0 Å². The minimum absolute atomic E-state index is 0.0456. The monoisotopic (exact) mass is 403 g/mol. The minimum Gasteiger partial charge on any atom is -0.493 e. The second kappa shape index (κ2) is 7.52. The second-order valence-electron chi connectivity index (χ2n) is 6.71. The number of ether oxygens (including phenoxy) is 1. The molecule has 0 aliphatic carbocycles. The van der Waals surface area contributed by atoms with Crippen LogP contribution in [0.15, 0.2) is 47.6 Å². The molecule has 1 fully saturated rings. The molecule has 2 aromatic carbocycles. The van der Waals surface area contributed by atoms with Crippen LogP contribution in [0.2, 0.25) is 0 Å². The molecule has 1 aromatic heterocycles. The van der Waals surface area contributed by atoms with Crippen molar-refractivity contribution < 1.29 is 13.2 Å². The zero-order chi connectivity index (χ0) is 18.9. The zero-order valence-corrected chi connectivity index (χ0v) is 16.7. The first-order valence-corrected chi connectivity index (χ1v) is 11.7. The van der Waals surface area contributed by atoms with E-state index in [1.165, 1.54) is 5.39 Å². The van der Waals surface area contributed by atoms with Crippen molar-refractivity contribution in [1.29, 1.82) is 0 Å². The topological polar surface area (TPSA) is 74.1 Å².